The highest BCUT2D eigenvalue weighted by Crippen LogP contribution is 2.20. The Hall–Kier alpha value is -2.69. The highest BCUT2D eigenvalue weighted by molar-refractivity contribution is 6.05. The van der Waals surface area contributed by atoms with Crippen molar-refractivity contribution in [1.82, 2.24) is 10.3 Å². The first-order valence-corrected chi connectivity index (χ1v) is 8.69. The van der Waals surface area contributed by atoms with Crippen molar-refractivity contribution in [2.24, 2.45) is 0 Å². The van der Waals surface area contributed by atoms with Crippen LogP contribution in [0.25, 0.3) is 0 Å². The molecule has 0 unspecified atom stereocenters. The van der Waals surface area contributed by atoms with Gasteiger partial charge in [0.1, 0.15) is 5.69 Å². The summed E-state index contributed by atoms with van der Waals surface area (Å²) < 4.78 is 0. The number of pyridine rings is 1. The summed E-state index contributed by atoms with van der Waals surface area (Å²) in [5.74, 6) is -0.455. The van der Waals surface area contributed by atoms with Crippen LogP contribution in [0.15, 0.2) is 36.5 Å². The van der Waals surface area contributed by atoms with Gasteiger partial charge in [-0.2, -0.15) is 0 Å². The topological polar surface area (TPSA) is 71.1 Å². The molecular formula is C20H23N3O2. The fourth-order valence-corrected chi connectivity index (χ4v) is 3.22. The molecule has 5 heteroatoms. The van der Waals surface area contributed by atoms with Crippen LogP contribution in [-0.4, -0.2) is 22.8 Å². The molecule has 0 aliphatic heterocycles. The SMILES string of the molecule is Cc1cccc(C)c1NC(=O)c1cc(C(=O)NC2CCCC2)ccn1. The molecular weight excluding hydrogens is 314 g/mol. The summed E-state index contributed by atoms with van der Waals surface area (Å²) in [6.45, 7) is 3.89. The van der Waals surface area contributed by atoms with Gasteiger partial charge in [0.2, 0.25) is 0 Å². The monoisotopic (exact) mass is 337 g/mol. The van der Waals surface area contributed by atoms with E-state index in [9.17, 15) is 9.59 Å². The van der Waals surface area contributed by atoms with Crippen molar-refractivity contribution in [2.75, 3.05) is 5.32 Å². The Morgan fingerprint density at radius 2 is 1.72 bits per heavy atom. The van der Waals surface area contributed by atoms with Crippen LogP contribution in [0.2, 0.25) is 0 Å². The number of aryl methyl sites for hydroxylation is 2. The maximum Gasteiger partial charge on any atom is 0.274 e. The Kier molecular flexibility index (Phi) is 5.12. The average Bonchev–Trinajstić information content (AvgIpc) is 3.11. The van der Waals surface area contributed by atoms with Crippen molar-refractivity contribution in [1.29, 1.82) is 0 Å². The number of carbonyl (C=O) groups is 2. The number of rotatable bonds is 4. The zero-order valence-electron chi connectivity index (χ0n) is 14.6. The molecule has 25 heavy (non-hydrogen) atoms. The summed E-state index contributed by atoms with van der Waals surface area (Å²) in [4.78, 5) is 29.0. The first-order chi connectivity index (χ1) is 12.0. The lowest BCUT2D eigenvalue weighted by molar-refractivity contribution is 0.0937. The van der Waals surface area contributed by atoms with Crippen molar-refractivity contribution in [3.05, 3.63) is 58.9 Å². The van der Waals surface area contributed by atoms with Crippen LogP contribution in [0.1, 0.15) is 57.7 Å². The zero-order chi connectivity index (χ0) is 17.8. The first kappa shape index (κ1) is 17.1. The van der Waals surface area contributed by atoms with Gasteiger partial charge in [0.25, 0.3) is 11.8 Å². The maximum atomic E-state index is 12.5. The number of anilines is 1. The number of amides is 2. The minimum absolute atomic E-state index is 0.143. The number of para-hydroxylation sites is 1. The number of hydrogen-bond donors (Lipinski definition) is 2. The van der Waals surface area contributed by atoms with E-state index in [0.29, 0.717) is 5.56 Å². The summed E-state index contributed by atoms with van der Waals surface area (Å²) in [6, 6.07) is 9.27. The fourth-order valence-electron chi connectivity index (χ4n) is 3.22. The summed E-state index contributed by atoms with van der Waals surface area (Å²) in [5, 5.41) is 5.93. The largest absolute Gasteiger partial charge is 0.349 e. The lowest BCUT2D eigenvalue weighted by Gasteiger charge is -2.13. The standard InChI is InChI=1S/C20H23N3O2/c1-13-6-5-7-14(2)18(13)23-20(25)17-12-15(10-11-21-17)19(24)22-16-8-3-4-9-16/h5-7,10-12,16H,3-4,8-9H2,1-2H3,(H,22,24)(H,23,25). The van der Waals surface area contributed by atoms with E-state index < -0.39 is 0 Å². The Bertz CT molecular complexity index is 775. The average molecular weight is 337 g/mol. The summed E-state index contributed by atoms with van der Waals surface area (Å²) in [5.41, 5.74) is 3.47. The minimum atomic E-state index is -0.312. The lowest BCUT2D eigenvalue weighted by Crippen LogP contribution is -2.32. The van der Waals surface area contributed by atoms with Gasteiger partial charge in [-0.3, -0.25) is 14.6 Å². The van der Waals surface area contributed by atoms with Gasteiger partial charge in [-0.15, -0.1) is 0 Å². The van der Waals surface area contributed by atoms with E-state index in [1.807, 2.05) is 32.0 Å². The molecule has 2 aromatic rings. The van der Waals surface area contributed by atoms with Crippen molar-refractivity contribution in [2.45, 2.75) is 45.6 Å². The highest BCUT2D eigenvalue weighted by atomic mass is 16.2. The molecule has 0 atom stereocenters. The van der Waals surface area contributed by atoms with Crippen molar-refractivity contribution in [3.8, 4) is 0 Å². The van der Waals surface area contributed by atoms with Gasteiger partial charge in [-0.05, 0) is 49.9 Å². The second-order valence-corrected chi connectivity index (χ2v) is 6.61. The third kappa shape index (κ3) is 4.05. The van der Waals surface area contributed by atoms with Crippen molar-refractivity contribution >= 4 is 17.5 Å². The van der Waals surface area contributed by atoms with Crippen LogP contribution in [-0.2, 0) is 0 Å². The molecule has 130 valence electrons. The van der Waals surface area contributed by atoms with Crippen molar-refractivity contribution < 1.29 is 9.59 Å². The van der Waals surface area contributed by atoms with E-state index in [-0.39, 0.29) is 23.6 Å². The first-order valence-electron chi connectivity index (χ1n) is 8.69. The molecule has 1 aromatic carbocycles. The molecule has 2 N–H and O–H groups in total. The number of carbonyl (C=O) groups excluding carboxylic acids is 2. The second-order valence-electron chi connectivity index (χ2n) is 6.61. The van der Waals surface area contributed by atoms with Crippen LogP contribution in [0.5, 0.6) is 0 Å². The molecule has 1 fully saturated rings. The molecule has 2 amide bonds. The van der Waals surface area contributed by atoms with Crippen LogP contribution < -0.4 is 10.6 Å². The number of aromatic nitrogens is 1. The number of nitrogens with one attached hydrogen (secondary N) is 2. The maximum absolute atomic E-state index is 12.5. The predicted molar refractivity (Wildman–Crippen MR) is 97.8 cm³/mol. The number of hydrogen-bond acceptors (Lipinski definition) is 3. The molecule has 0 radical (unpaired) electrons. The van der Waals surface area contributed by atoms with Gasteiger partial charge in [0.05, 0.1) is 0 Å². The molecule has 0 saturated heterocycles. The van der Waals surface area contributed by atoms with Gasteiger partial charge in [0, 0.05) is 23.5 Å². The van der Waals surface area contributed by atoms with Gasteiger partial charge in [-0.1, -0.05) is 31.0 Å². The predicted octanol–water partition coefficient (Wildman–Crippen LogP) is 3.62. The van der Waals surface area contributed by atoms with Crippen LogP contribution in [0, 0.1) is 13.8 Å². The molecule has 1 heterocycles. The second kappa shape index (κ2) is 7.47. The molecule has 1 aromatic heterocycles. The van der Waals surface area contributed by atoms with E-state index >= 15 is 0 Å². The number of nitrogens with zero attached hydrogens (tertiary/aromatic N) is 1. The quantitative estimate of drug-likeness (QED) is 0.895. The van der Waals surface area contributed by atoms with E-state index in [0.717, 1.165) is 42.5 Å². The van der Waals surface area contributed by atoms with Gasteiger partial charge >= 0.3 is 0 Å². The molecule has 3 rings (SSSR count). The zero-order valence-corrected chi connectivity index (χ0v) is 14.6. The van der Waals surface area contributed by atoms with Crippen molar-refractivity contribution in [3.63, 3.8) is 0 Å². The molecule has 0 spiro atoms. The summed E-state index contributed by atoms with van der Waals surface area (Å²) in [6.07, 6.45) is 5.87. The van der Waals surface area contributed by atoms with Gasteiger partial charge < -0.3 is 10.6 Å². The Labute approximate surface area is 147 Å². The van der Waals surface area contributed by atoms with E-state index in [4.69, 9.17) is 0 Å². The highest BCUT2D eigenvalue weighted by Gasteiger charge is 2.19. The molecule has 1 aliphatic rings. The normalized spacial score (nSPS) is 14.3. The fraction of sp³-hybridized carbons (Fsp3) is 0.350. The Morgan fingerprint density at radius 1 is 1.04 bits per heavy atom. The third-order valence-electron chi connectivity index (χ3n) is 4.66. The third-order valence-corrected chi connectivity index (χ3v) is 4.66. The van der Waals surface area contributed by atoms with Crippen LogP contribution in [0.3, 0.4) is 0 Å². The van der Waals surface area contributed by atoms with Gasteiger partial charge in [-0.25, -0.2) is 0 Å². The Balaban J connectivity index is 1.74. The van der Waals surface area contributed by atoms with E-state index in [1.165, 1.54) is 6.20 Å². The minimum Gasteiger partial charge on any atom is -0.349 e. The van der Waals surface area contributed by atoms with Crippen LogP contribution >= 0.6 is 0 Å². The van der Waals surface area contributed by atoms with E-state index in [2.05, 4.69) is 15.6 Å². The molecule has 1 aliphatic carbocycles. The summed E-state index contributed by atoms with van der Waals surface area (Å²) in [7, 11) is 0. The molecule has 5 nitrogen and oxygen atoms in total. The van der Waals surface area contributed by atoms with Gasteiger partial charge in [0.15, 0.2) is 0 Å². The molecule has 1 saturated carbocycles. The lowest BCUT2D eigenvalue weighted by atomic mass is 10.1. The molecule has 0 bridgehead atoms. The summed E-state index contributed by atoms with van der Waals surface area (Å²) >= 11 is 0. The Morgan fingerprint density at radius 3 is 2.40 bits per heavy atom. The smallest absolute Gasteiger partial charge is 0.274 e. The number of benzene rings is 1. The van der Waals surface area contributed by atoms with Crippen LogP contribution in [0.4, 0.5) is 5.69 Å². The van der Waals surface area contributed by atoms with E-state index in [1.54, 1.807) is 12.1 Å².